The summed E-state index contributed by atoms with van der Waals surface area (Å²) in [4.78, 5) is 0. The van der Waals surface area contributed by atoms with Crippen LogP contribution in [0.25, 0.3) is 11.0 Å². The van der Waals surface area contributed by atoms with Gasteiger partial charge in [-0.3, -0.25) is 0 Å². The van der Waals surface area contributed by atoms with Crippen molar-refractivity contribution in [3.05, 3.63) is 35.6 Å². The lowest BCUT2D eigenvalue weighted by atomic mass is 9.84. The van der Waals surface area contributed by atoms with Gasteiger partial charge in [-0.2, -0.15) is 0 Å². The van der Waals surface area contributed by atoms with Crippen LogP contribution in [0.3, 0.4) is 0 Å². The Bertz CT molecular complexity index is 611. The van der Waals surface area contributed by atoms with Crippen molar-refractivity contribution in [3.63, 3.8) is 0 Å². The Labute approximate surface area is 126 Å². The van der Waals surface area contributed by atoms with Crippen LogP contribution in [0.4, 0.5) is 0 Å². The first kappa shape index (κ1) is 14.6. The van der Waals surface area contributed by atoms with Crippen molar-refractivity contribution in [2.75, 3.05) is 6.54 Å². The molecular weight excluding hydrogens is 262 g/mol. The second-order valence-corrected chi connectivity index (χ2v) is 6.48. The second-order valence-electron chi connectivity index (χ2n) is 6.48. The molecule has 114 valence electrons. The Hall–Kier alpha value is -1.32. The van der Waals surface area contributed by atoms with Crippen molar-refractivity contribution < 1.29 is 9.52 Å². The highest BCUT2D eigenvalue weighted by molar-refractivity contribution is 5.82. The standard InChI is InChI=1S/C18H25NO2/c1-13-15-8-4-5-9-16(15)21-17(13)14(2)19-12-18(20)10-6-3-7-11-18/h4-5,8-9,14,19-20H,3,6-7,10-12H2,1-2H3. The molecule has 1 aliphatic rings. The third-order valence-electron chi connectivity index (χ3n) is 4.80. The number of aliphatic hydroxyl groups is 1. The Kier molecular flexibility index (Phi) is 4.05. The first-order chi connectivity index (χ1) is 10.1. The Morgan fingerprint density at radius 3 is 2.67 bits per heavy atom. The van der Waals surface area contributed by atoms with Crippen LogP contribution in [0.2, 0.25) is 0 Å². The fraction of sp³-hybridized carbons (Fsp3) is 0.556. The molecule has 0 spiro atoms. The summed E-state index contributed by atoms with van der Waals surface area (Å²) in [6.45, 7) is 4.86. The highest BCUT2D eigenvalue weighted by Crippen LogP contribution is 2.31. The van der Waals surface area contributed by atoms with Gasteiger partial charge in [-0.25, -0.2) is 0 Å². The summed E-state index contributed by atoms with van der Waals surface area (Å²) in [6, 6.07) is 8.25. The van der Waals surface area contributed by atoms with E-state index in [1.54, 1.807) is 0 Å². The molecule has 21 heavy (non-hydrogen) atoms. The molecule has 3 heteroatoms. The molecule has 0 saturated heterocycles. The molecule has 1 heterocycles. The largest absolute Gasteiger partial charge is 0.459 e. The molecule has 1 unspecified atom stereocenters. The van der Waals surface area contributed by atoms with Crippen molar-refractivity contribution in [2.24, 2.45) is 0 Å². The van der Waals surface area contributed by atoms with Gasteiger partial charge in [-0.15, -0.1) is 0 Å². The highest BCUT2D eigenvalue weighted by Gasteiger charge is 2.29. The van der Waals surface area contributed by atoms with E-state index < -0.39 is 5.60 Å². The molecule has 1 saturated carbocycles. The first-order valence-electron chi connectivity index (χ1n) is 8.03. The number of nitrogens with one attached hydrogen (secondary N) is 1. The Morgan fingerprint density at radius 2 is 1.95 bits per heavy atom. The lowest BCUT2D eigenvalue weighted by Gasteiger charge is -2.33. The molecule has 2 N–H and O–H groups in total. The topological polar surface area (TPSA) is 45.4 Å². The van der Waals surface area contributed by atoms with Crippen molar-refractivity contribution in [2.45, 2.75) is 57.6 Å². The van der Waals surface area contributed by atoms with Gasteiger partial charge < -0.3 is 14.8 Å². The average Bonchev–Trinajstić information content (AvgIpc) is 2.84. The SMILES string of the molecule is Cc1c(C(C)NCC2(O)CCCCC2)oc2ccccc12. The van der Waals surface area contributed by atoms with Gasteiger partial charge in [0.05, 0.1) is 11.6 Å². The van der Waals surface area contributed by atoms with Gasteiger partial charge in [0.2, 0.25) is 0 Å². The number of furan rings is 1. The molecule has 1 aromatic carbocycles. The minimum Gasteiger partial charge on any atom is -0.459 e. The van der Waals surface area contributed by atoms with E-state index in [2.05, 4.69) is 25.2 Å². The Balaban J connectivity index is 1.72. The van der Waals surface area contributed by atoms with Crippen LogP contribution in [0.1, 0.15) is 56.4 Å². The summed E-state index contributed by atoms with van der Waals surface area (Å²) in [7, 11) is 0. The van der Waals surface area contributed by atoms with Gasteiger partial charge in [-0.05, 0) is 38.3 Å². The molecule has 3 nitrogen and oxygen atoms in total. The molecule has 1 atom stereocenters. The van der Waals surface area contributed by atoms with E-state index in [0.29, 0.717) is 6.54 Å². The number of fused-ring (bicyclic) bond motifs is 1. The molecule has 1 fully saturated rings. The van der Waals surface area contributed by atoms with Crippen LogP contribution in [0, 0.1) is 6.92 Å². The number of benzene rings is 1. The van der Waals surface area contributed by atoms with E-state index in [1.165, 1.54) is 17.4 Å². The smallest absolute Gasteiger partial charge is 0.134 e. The van der Waals surface area contributed by atoms with Crippen LogP contribution in [0.15, 0.2) is 28.7 Å². The van der Waals surface area contributed by atoms with Crippen molar-refractivity contribution in [1.29, 1.82) is 0 Å². The van der Waals surface area contributed by atoms with E-state index in [1.807, 2.05) is 18.2 Å². The summed E-state index contributed by atoms with van der Waals surface area (Å²) in [5.74, 6) is 0.982. The van der Waals surface area contributed by atoms with Gasteiger partial charge in [0.25, 0.3) is 0 Å². The Morgan fingerprint density at radius 1 is 1.24 bits per heavy atom. The predicted molar refractivity (Wildman–Crippen MR) is 85.4 cm³/mol. The average molecular weight is 287 g/mol. The van der Waals surface area contributed by atoms with Crippen LogP contribution in [-0.2, 0) is 0 Å². The summed E-state index contributed by atoms with van der Waals surface area (Å²) < 4.78 is 5.99. The first-order valence-corrected chi connectivity index (χ1v) is 8.03. The van der Waals surface area contributed by atoms with Gasteiger partial charge in [0, 0.05) is 11.9 Å². The zero-order chi connectivity index (χ0) is 14.9. The molecule has 1 aromatic heterocycles. The fourth-order valence-electron chi connectivity index (χ4n) is 3.43. The third-order valence-corrected chi connectivity index (χ3v) is 4.80. The monoisotopic (exact) mass is 287 g/mol. The predicted octanol–water partition coefficient (Wildman–Crippen LogP) is 4.09. The lowest BCUT2D eigenvalue weighted by molar-refractivity contribution is 0.00256. The molecule has 0 amide bonds. The van der Waals surface area contributed by atoms with Gasteiger partial charge in [-0.1, -0.05) is 37.5 Å². The maximum atomic E-state index is 10.6. The normalized spacial score (nSPS) is 19.8. The summed E-state index contributed by atoms with van der Waals surface area (Å²) in [5.41, 5.74) is 1.60. The summed E-state index contributed by atoms with van der Waals surface area (Å²) >= 11 is 0. The van der Waals surface area contributed by atoms with Gasteiger partial charge in [0.1, 0.15) is 11.3 Å². The minimum absolute atomic E-state index is 0.114. The zero-order valence-electron chi connectivity index (χ0n) is 13.0. The van der Waals surface area contributed by atoms with Crippen LogP contribution >= 0.6 is 0 Å². The maximum Gasteiger partial charge on any atom is 0.134 e. The molecule has 0 bridgehead atoms. The summed E-state index contributed by atoms with van der Waals surface area (Å²) in [6.07, 6.45) is 5.34. The molecule has 3 rings (SSSR count). The number of rotatable bonds is 4. The van der Waals surface area contributed by atoms with Crippen LogP contribution in [-0.4, -0.2) is 17.3 Å². The zero-order valence-corrected chi connectivity index (χ0v) is 13.0. The molecule has 0 aliphatic heterocycles. The van der Waals surface area contributed by atoms with E-state index in [0.717, 1.165) is 37.0 Å². The highest BCUT2D eigenvalue weighted by atomic mass is 16.3. The van der Waals surface area contributed by atoms with Crippen LogP contribution in [0.5, 0.6) is 0 Å². The quantitative estimate of drug-likeness (QED) is 0.890. The lowest BCUT2D eigenvalue weighted by Crippen LogP contribution is -2.42. The second kappa shape index (κ2) is 5.82. The van der Waals surface area contributed by atoms with Gasteiger partial charge in [0.15, 0.2) is 0 Å². The van der Waals surface area contributed by atoms with E-state index in [9.17, 15) is 5.11 Å². The summed E-state index contributed by atoms with van der Waals surface area (Å²) in [5, 5.41) is 15.2. The van der Waals surface area contributed by atoms with E-state index in [4.69, 9.17) is 4.42 Å². The third kappa shape index (κ3) is 2.99. The van der Waals surface area contributed by atoms with E-state index >= 15 is 0 Å². The van der Waals surface area contributed by atoms with Gasteiger partial charge >= 0.3 is 0 Å². The molecule has 1 aliphatic carbocycles. The van der Waals surface area contributed by atoms with Crippen LogP contribution < -0.4 is 5.32 Å². The molecular formula is C18H25NO2. The molecule has 2 aromatic rings. The minimum atomic E-state index is -0.535. The van der Waals surface area contributed by atoms with E-state index in [-0.39, 0.29) is 6.04 Å². The van der Waals surface area contributed by atoms with Crippen molar-refractivity contribution >= 4 is 11.0 Å². The number of aryl methyl sites for hydroxylation is 1. The number of para-hydroxylation sites is 1. The maximum absolute atomic E-state index is 10.6. The number of hydrogen-bond donors (Lipinski definition) is 2. The molecule has 0 radical (unpaired) electrons. The number of hydrogen-bond acceptors (Lipinski definition) is 3. The van der Waals surface area contributed by atoms with Crippen molar-refractivity contribution in [3.8, 4) is 0 Å². The fourth-order valence-corrected chi connectivity index (χ4v) is 3.43. The van der Waals surface area contributed by atoms with Crippen molar-refractivity contribution in [1.82, 2.24) is 5.32 Å².